The van der Waals surface area contributed by atoms with E-state index < -0.39 is 0 Å². The molecule has 1 aliphatic carbocycles. The van der Waals surface area contributed by atoms with Crippen molar-refractivity contribution in [3.05, 3.63) is 11.6 Å². The standard InChI is InChI=1S/C16H26O4/c1-12(2)6-4-5-7-13-15(18-3)14(19-11-17)8-9-16(13)10-20-16/h6,11,13-15H,4-5,7-10H2,1-3H3. The molecule has 0 aromatic carbocycles. The second kappa shape index (κ2) is 6.72. The molecule has 4 atom stereocenters. The van der Waals surface area contributed by atoms with Gasteiger partial charge in [0.15, 0.2) is 0 Å². The van der Waals surface area contributed by atoms with Gasteiger partial charge in [0.1, 0.15) is 6.10 Å². The first-order chi connectivity index (χ1) is 9.63. The number of ether oxygens (including phenoxy) is 3. The van der Waals surface area contributed by atoms with E-state index in [2.05, 4.69) is 19.9 Å². The third-order valence-electron chi connectivity index (χ3n) is 4.58. The molecule has 4 heteroatoms. The van der Waals surface area contributed by atoms with Crippen molar-refractivity contribution in [1.29, 1.82) is 0 Å². The number of rotatable bonds is 7. The normalized spacial score (nSPS) is 35.6. The van der Waals surface area contributed by atoms with Crippen molar-refractivity contribution in [3.63, 3.8) is 0 Å². The van der Waals surface area contributed by atoms with E-state index in [1.54, 1.807) is 7.11 Å². The molecular weight excluding hydrogens is 256 g/mol. The summed E-state index contributed by atoms with van der Waals surface area (Å²) in [5.74, 6) is 0.330. The van der Waals surface area contributed by atoms with Crippen LogP contribution in [0.4, 0.5) is 0 Å². The van der Waals surface area contributed by atoms with Crippen LogP contribution in [0, 0.1) is 5.92 Å². The van der Waals surface area contributed by atoms with Gasteiger partial charge in [-0.15, -0.1) is 0 Å². The van der Waals surface area contributed by atoms with Crippen molar-refractivity contribution in [2.45, 2.75) is 63.8 Å². The van der Waals surface area contributed by atoms with E-state index in [0.29, 0.717) is 12.4 Å². The molecule has 114 valence electrons. The minimum atomic E-state index is -0.124. The molecule has 0 amide bonds. The van der Waals surface area contributed by atoms with Crippen molar-refractivity contribution in [3.8, 4) is 0 Å². The lowest BCUT2D eigenvalue weighted by molar-refractivity contribution is -0.153. The fourth-order valence-electron chi connectivity index (χ4n) is 3.43. The average molecular weight is 282 g/mol. The first kappa shape index (κ1) is 15.5. The van der Waals surface area contributed by atoms with Gasteiger partial charge >= 0.3 is 0 Å². The molecule has 4 nitrogen and oxygen atoms in total. The molecule has 0 aromatic rings. The van der Waals surface area contributed by atoms with Gasteiger partial charge in [-0.05, 0) is 46.0 Å². The molecule has 1 spiro atoms. The quantitative estimate of drug-likeness (QED) is 0.312. The van der Waals surface area contributed by atoms with Crippen molar-refractivity contribution in [2.24, 2.45) is 5.92 Å². The summed E-state index contributed by atoms with van der Waals surface area (Å²) in [7, 11) is 1.70. The van der Waals surface area contributed by atoms with Crippen molar-refractivity contribution in [1.82, 2.24) is 0 Å². The van der Waals surface area contributed by atoms with E-state index in [-0.39, 0.29) is 17.8 Å². The second-order valence-corrected chi connectivity index (χ2v) is 6.18. The van der Waals surface area contributed by atoms with Gasteiger partial charge in [-0.25, -0.2) is 0 Å². The zero-order chi connectivity index (χ0) is 14.6. The van der Waals surface area contributed by atoms with E-state index in [9.17, 15) is 4.79 Å². The van der Waals surface area contributed by atoms with Gasteiger partial charge in [0, 0.05) is 13.0 Å². The van der Waals surface area contributed by atoms with Crippen LogP contribution in [-0.2, 0) is 19.0 Å². The molecule has 0 bridgehead atoms. The fraction of sp³-hybridized carbons (Fsp3) is 0.812. The topological polar surface area (TPSA) is 48.1 Å². The van der Waals surface area contributed by atoms with E-state index in [0.717, 1.165) is 38.7 Å². The largest absolute Gasteiger partial charge is 0.462 e. The lowest BCUT2D eigenvalue weighted by Gasteiger charge is -2.40. The molecule has 0 aromatic heterocycles. The maximum atomic E-state index is 10.6. The minimum absolute atomic E-state index is 0.00556. The van der Waals surface area contributed by atoms with Crippen LogP contribution in [0.25, 0.3) is 0 Å². The number of unbranched alkanes of at least 4 members (excludes halogenated alkanes) is 1. The van der Waals surface area contributed by atoms with Crippen LogP contribution in [0.3, 0.4) is 0 Å². The Morgan fingerprint density at radius 3 is 2.75 bits per heavy atom. The summed E-state index contributed by atoms with van der Waals surface area (Å²) in [6.07, 6.45) is 7.18. The first-order valence-corrected chi connectivity index (χ1v) is 7.52. The van der Waals surface area contributed by atoms with Gasteiger partial charge in [-0.1, -0.05) is 11.6 Å². The van der Waals surface area contributed by atoms with Gasteiger partial charge < -0.3 is 14.2 Å². The second-order valence-electron chi connectivity index (χ2n) is 6.18. The van der Waals surface area contributed by atoms with Gasteiger partial charge in [0.2, 0.25) is 0 Å². The van der Waals surface area contributed by atoms with E-state index >= 15 is 0 Å². The number of epoxide rings is 1. The zero-order valence-corrected chi connectivity index (χ0v) is 12.8. The number of methoxy groups -OCH3 is 1. The third kappa shape index (κ3) is 3.41. The Bertz CT molecular complexity index is 355. The van der Waals surface area contributed by atoms with Gasteiger partial charge in [-0.2, -0.15) is 0 Å². The maximum absolute atomic E-state index is 10.6. The van der Waals surface area contributed by atoms with Crippen LogP contribution in [0.5, 0.6) is 0 Å². The summed E-state index contributed by atoms with van der Waals surface area (Å²) in [6, 6.07) is 0. The number of allylic oxidation sites excluding steroid dienone is 2. The Hall–Kier alpha value is -0.870. The average Bonchev–Trinajstić information content (AvgIpc) is 3.18. The number of carbonyl (C=O) groups excluding carboxylic acids is 1. The summed E-state index contributed by atoms with van der Waals surface area (Å²) in [5.41, 5.74) is 1.35. The molecule has 1 aliphatic heterocycles. The predicted molar refractivity (Wildman–Crippen MR) is 76.4 cm³/mol. The van der Waals surface area contributed by atoms with Gasteiger partial charge in [0.05, 0.1) is 18.3 Å². The number of hydrogen-bond donors (Lipinski definition) is 0. The van der Waals surface area contributed by atoms with Crippen LogP contribution in [0.1, 0.15) is 46.0 Å². The van der Waals surface area contributed by atoms with Crippen LogP contribution in [0.2, 0.25) is 0 Å². The highest BCUT2D eigenvalue weighted by Gasteiger charge is 2.58. The lowest BCUT2D eigenvalue weighted by Crippen LogP contribution is -2.49. The van der Waals surface area contributed by atoms with E-state index in [1.807, 2.05) is 0 Å². The number of hydrogen-bond acceptors (Lipinski definition) is 4. The summed E-state index contributed by atoms with van der Waals surface area (Å²) >= 11 is 0. The van der Waals surface area contributed by atoms with Crippen molar-refractivity contribution >= 4 is 6.47 Å². The van der Waals surface area contributed by atoms with Crippen LogP contribution >= 0.6 is 0 Å². The Morgan fingerprint density at radius 2 is 2.20 bits per heavy atom. The van der Waals surface area contributed by atoms with Crippen LogP contribution < -0.4 is 0 Å². The molecule has 2 rings (SSSR count). The molecule has 20 heavy (non-hydrogen) atoms. The Kier molecular flexibility index (Phi) is 5.22. The Balaban J connectivity index is 1.96. The van der Waals surface area contributed by atoms with Crippen LogP contribution in [-0.4, -0.2) is 38.0 Å². The molecule has 2 fully saturated rings. The highest BCUT2D eigenvalue weighted by Crippen LogP contribution is 2.49. The van der Waals surface area contributed by atoms with Crippen molar-refractivity contribution in [2.75, 3.05) is 13.7 Å². The van der Waals surface area contributed by atoms with Gasteiger partial charge in [0.25, 0.3) is 6.47 Å². The molecule has 1 heterocycles. The van der Waals surface area contributed by atoms with Crippen LogP contribution in [0.15, 0.2) is 11.6 Å². The molecule has 1 saturated carbocycles. The predicted octanol–water partition coefficient (Wildman–Crippen LogP) is 2.86. The Labute approximate surface area is 121 Å². The SMILES string of the molecule is COC1C(OC=O)CCC2(CO2)C1CCCC=C(C)C. The molecular formula is C16H26O4. The smallest absolute Gasteiger partial charge is 0.293 e. The first-order valence-electron chi connectivity index (χ1n) is 7.52. The number of carbonyl (C=O) groups is 1. The third-order valence-corrected chi connectivity index (χ3v) is 4.58. The zero-order valence-electron chi connectivity index (χ0n) is 12.8. The summed E-state index contributed by atoms with van der Waals surface area (Å²) in [4.78, 5) is 10.6. The highest BCUT2D eigenvalue weighted by atomic mass is 16.6. The molecule has 1 saturated heterocycles. The summed E-state index contributed by atoms with van der Waals surface area (Å²) in [5, 5.41) is 0. The molecule has 0 N–H and O–H groups in total. The summed E-state index contributed by atoms with van der Waals surface area (Å²) < 4.78 is 16.6. The molecule has 0 radical (unpaired) electrons. The Morgan fingerprint density at radius 1 is 1.45 bits per heavy atom. The maximum Gasteiger partial charge on any atom is 0.293 e. The minimum Gasteiger partial charge on any atom is -0.462 e. The lowest BCUT2D eigenvalue weighted by atomic mass is 9.73. The van der Waals surface area contributed by atoms with Crippen molar-refractivity contribution < 1.29 is 19.0 Å². The summed E-state index contributed by atoms with van der Waals surface area (Å²) in [6.45, 7) is 5.62. The molecule has 2 aliphatic rings. The van der Waals surface area contributed by atoms with E-state index in [4.69, 9.17) is 14.2 Å². The van der Waals surface area contributed by atoms with Gasteiger partial charge in [-0.3, -0.25) is 4.79 Å². The monoisotopic (exact) mass is 282 g/mol. The van der Waals surface area contributed by atoms with E-state index in [1.165, 1.54) is 5.57 Å². The molecule has 4 unspecified atom stereocenters. The fourth-order valence-corrected chi connectivity index (χ4v) is 3.43. The highest BCUT2D eigenvalue weighted by molar-refractivity contribution is 5.37.